The smallest absolute Gasteiger partial charge is 0.132 e. The number of aromatic nitrogens is 1. The number of hydrogen-bond donors (Lipinski definition) is 1. The number of pyridine rings is 1. The summed E-state index contributed by atoms with van der Waals surface area (Å²) in [5.74, 6) is 1.08. The number of hydrogen-bond acceptors (Lipinski definition) is 4. The predicted octanol–water partition coefficient (Wildman–Crippen LogP) is 3.93. The van der Waals surface area contributed by atoms with E-state index >= 15 is 0 Å². The number of nitrogens with zero attached hydrogens (tertiary/aromatic N) is 2. The molecule has 0 aromatic carbocycles. The summed E-state index contributed by atoms with van der Waals surface area (Å²) in [6.07, 6.45) is 1.86. The Morgan fingerprint density at radius 1 is 1.20 bits per heavy atom. The largest absolute Gasteiger partial charge is 0.357 e. The molecule has 0 aliphatic carbocycles. The minimum atomic E-state index is 0.815. The van der Waals surface area contributed by atoms with Gasteiger partial charge in [-0.3, -0.25) is 0 Å². The van der Waals surface area contributed by atoms with E-state index in [1.54, 1.807) is 11.3 Å². The average Bonchev–Trinajstić information content (AvgIpc) is 2.87. The summed E-state index contributed by atoms with van der Waals surface area (Å²) in [5.41, 5.74) is 1.24. The number of thiophene rings is 1. The van der Waals surface area contributed by atoms with Crippen molar-refractivity contribution >= 4 is 28.8 Å². The molecule has 2 aromatic rings. The maximum absolute atomic E-state index is 5.93. The lowest BCUT2D eigenvalue weighted by Crippen LogP contribution is -2.25. The highest BCUT2D eigenvalue weighted by atomic mass is 35.5. The molecule has 0 aliphatic rings. The summed E-state index contributed by atoms with van der Waals surface area (Å²) < 4.78 is 0.840. The topological polar surface area (TPSA) is 28.2 Å². The number of nitrogens with one attached hydrogen (secondary N) is 1. The molecule has 1 N–H and O–H groups in total. The second kappa shape index (κ2) is 7.62. The van der Waals surface area contributed by atoms with Gasteiger partial charge in [0.2, 0.25) is 0 Å². The van der Waals surface area contributed by atoms with E-state index in [2.05, 4.69) is 41.2 Å². The van der Waals surface area contributed by atoms with Gasteiger partial charge in [0.05, 0.1) is 4.34 Å². The molecular weight excluding hydrogens is 290 g/mol. The first-order chi connectivity index (χ1) is 9.74. The van der Waals surface area contributed by atoms with Gasteiger partial charge in [0.15, 0.2) is 0 Å². The molecule has 3 nitrogen and oxygen atoms in total. The van der Waals surface area contributed by atoms with Crippen LogP contribution < -0.4 is 10.2 Å². The van der Waals surface area contributed by atoms with E-state index in [0.29, 0.717) is 0 Å². The third kappa shape index (κ3) is 3.95. The van der Waals surface area contributed by atoms with Crippen molar-refractivity contribution in [3.63, 3.8) is 0 Å². The quantitative estimate of drug-likeness (QED) is 0.840. The molecule has 0 aliphatic heterocycles. The molecule has 20 heavy (non-hydrogen) atoms. The van der Waals surface area contributed by atoms with Crippen LogP contribution in [-0.2, 0) is 13.1 Å². The highest BCUT2D eigenvalue weighted by Crippen LogP contribution is 2.21. The zero-order valence-electron chi connectivity index (χ0n) is 11.9. The van der Waals surface area contributed by atoms with Crippen LogP contribution in [0.3, 0.4) is 0 Å². The van der Waals surface area contributed by atoms with Gasteiger partial charge in [0, 0.05) is 42.8 Å². The van der Waals surface area contributed by atoms with Crippen molar-refractivity contribution in [3.8, 4) is 0 Å². The third-order valence-corrected chi connectivity index (χ3v) is 4.41. The molecule has 108 valence electrons. The number of rotatable bonds is 7. The Morgan fingerprint density at radius 2 is 2.00 bits per heavy atom. The summed E-state index contributed by atoms with van der Waals surface area (Å²) in [4.78, 5) is 8.05. The van der Waals surface area contributed by atoms with Crippen LogP contribution in [0.4, 0.5) is 5.82 Å². The maximum Gasteiger partial charge on any atom is 0.132 e. The SMILES string of the molecule is CCN(CC)c1ncccc1CNCc1ccc(Cl)s1. The maximum atomic E-state index is 5.93. The van der Waals surface area contributed by atoms with E-state index < -0.39 is 0 Å². The van der Waals surface area contributed by atoms with Crippen LogP contribution in [0.1, 0.15) is 24.3 Å². The van der Waals surface area contributed by atoms with E-state index in [1.807, 2.05) is 18.3 Å². The third-order valence-electron chi connectivity index (χ3n) is 3.17. The molecule has 0 spiro atoms. The Balaban J connectivity index is 1.98. The molecule has 0 saturated carbocycles. The lowest BCUT2D eigenvalue weighted by molar-refractivity contribution is 0.693. The van der Waals surface area contributed by atoms with E-state index in [-0.39, 0.29) is 0 Å². The van der Waals surface area contributed by atoms with E-state index in [0.717, 1.165) is 36.3 Å². The summed E-state index contributed by atoms with van der Waals surface area (Å²) in [7, 11) is 0. The lowest BCUT2D eigenvalue weighted by atomic mass is 10.2. The first-order valence-electron chi connectivity index (χ1n) is 6.88. The Morgan fingerprint density at radius 3 is 2.65 bits per heavy atom. The zero-order valence-corrected chi connectivity index (χ0v) is 13.5. The fourth-order valence-electron chi connectivity index (χ4n) is 2.14. The fourth-order valence-corrected chi connectivity index (χ4v) is 3.20. The van der Waals surface area contributed by atoms with Gasteiger partial charge >= 0.3 is 0 Å². The molecule has 0 bridgehead atoms. The van der Waals surface area contributed by atoms with Crippen molar-refractivity contribution in [1.82, 2.24) is 10.3 Å². The molecule has 2 heterocycles. The van der Waals surface area contributed by atoms with Gasteiger partial charge in [0.1, 0.15) is 5.82 Å². The molecular formula is C15H20ClN3S. The number of anilines is 1. The molecule has 0 atom stereocenters. The van der Waals surface area contributed by atoms with Crippen molar-refractivity contribution in [2.24, 2.45) is 0 Å². The first kappa shape index (κ1) is 15.3. The monoisotopic (exact) mass is 309 g/mol. The molecule has 0 radical (unpaired) electrons. The Hall–Kier alpha value is -1.10. The minimum Gasteiger partial charge on any atom is -0.357 e. The van der Waals surface area contributed by atoms with Crippen LogP contribution in [0.25, 0.3) is 0 Å². The second-order valence-electron chi connectivity index (χ2n) is 4.47. The van der Waals surface area contributed by atoms with Crippen molar-refractivity contribution in [1.29, 1.82) is 0 Å². The molecule has 0 fully saturated rings. The average molecular weight is 310 g/mol. The summed E-state index contributed by atoms with van der Waals surface area (Å²) in [5, 5.41) is 3.46. The van der Waals surface area contributed by atoms with Crippen molar-refractivity contribution in [3.05, 3.63) is 45.2 Å². The highest BCUT2D eigenvalue weighted by molar-refractivity contribution is 7.16. The predicted molar refractivity (Wildman–Crippen MR) is 87.7 cm³/mol. The highest BCUT2D eigenvalue weighted by Gasteiger charge is 2.09. The molecule has 2 aromatic heterocycles. The van der Waals surface area contributed by atoms with Crippen LogP contribution in [0.5, 0.6) is 0 Å². The second-order valence-corrected chi connectivity index (χ2v) is 6.27. The molecule has 0 amide bonds. The Kier molecular flexibility index (Phi) is 5.83. The minimum absolute atomic E-state index is 0.815. The normalized spacial score (nSPS) is 10.8. The van der Waals surface area contributed by atoms with E-state index in [4.69, 9.17) is 11.6 Å². The fraction of sp³-hybridized carbons (Fsp3) is 0.400. The van der Waals surface area contributed by atoms with Crippen molar-refractivity contribution in [2.45, 2.75) is 26.9 Å². The lowest BCUT2D eigenvalue weighted by Gasteiger charge is -2.22. The van der Waals surface area contributed by atoms with Crippen LogP contribution in [0.15, 0.2) is 30.5 Å². The summed E-state index contributed by atoms with van der Waals surface area (Å²) >= 11 is 7.55. The summed E-state index contributed by atoms with van der Waals surface area (Å²) in [6.45, 7) is 7.91. The van der Waals surface area contributed by atoms with Crippen LogP contribution in [-0.4, -0.2) is 18.1 Å². The van der Waals surface area contributed by atoms with Gasteiger partial charge in [0.25, 0.3) is 0 Å². The Bertz CT molecular complexity index is 537. The van der Waals surface area contributed by atoms with Gasteiger partial charge in [-0.15, -0.1) is 11.3 Å². The van der Waals surface area contributed by atoms with Crippen LogP contribution in [0, 0.1) is 0 Å². The van der Waals surface area contributed by atoms with Gasteiger partial charge in [-0.2, -0.15) is 0 Å². The first-order valence-corrected chi connectivity index (χ1v) is 8.07. The standard InChI is InChI=1S/C15H20ClN3S/c1-3-19(4-2)15-12(6-5-9-18-15)10-17-11-13-7-8-14(16)20-13/h5-9,17H,3-4,10-11H2,1-2H3. The molecule has 0 saturated heterocycles. The van der Waals surface area contributed by atoms with Crippen LogP contribution >= 0.6 is 22.9 Å². The summed E-state index contributed by atoms with van der Waals surface area (Å²) in [6, 6.07) is 8.13. The van der Waals surface area contributed by atoms with Gasteiger partial charge < -0.3 is 10.2 Å². The molecule has 2 rings (SSSR count). The zero-order chi connectivity index (χ0) is 14.4. The van der Waals surface area contributed by atoms with Gasteiger partial charge in [-0.05, 0) is 32.0 Å². The van der Waals surface area contributed by atoms with Gasteiger partial charge in [-0.25, -0.2) is 4.98 Å². The van der Waals surface area contributed by atoms with E-state index in [9.17, 15) is 0 Å². The molecule has 5 heteroatoms. The van der Waals surface area contributed by atoms with E-state index in [1.165, 1.54) is 10.4 Å². The van der Waals surface area contributed by atoms with Crippen LogP contribution in [0.2, 0.25) is 4.34 Å². The Labute approximate surface area is 129 Å². The van der Waals surface area contributed by atoms with Crippen molar-refractivity contribution in [2.75, 3.05) is 18.0 Å². The van der Waals surface area contributed by atoms with Crippen molar-refractivity contribution < 1.29 is 0 Å². The molecule has 0 unspecified atom stereocenters. The van der Waals surface area contributed by atoms with Gasteiger partial charge in [-0.1, -0.05) is 17.7 Å². The number of halogens is 1.